The van der Waals surface area contributed by atoms with Gasteiger partial charge >= 0.3 is 5.97 Å². The van der Waals surface area contributed by atoms with Crippen molar-refractivity contribution in [2.24, 2.45) is 0 Å². The maximum atomic E-state index is 11.9. The molecule has 1 heterocycles. The molecule has 0 radical (unpaired) electrons. The number of carbonyl (C=O) groups excluding carboxylic acids is 1. The highest BCUT2D eigenvalue weighted by atomic mass is 35.5. The quantitative estimate of drug-likeness (QED) is 0.795. The van der Waals surface area contributed by atoms with Gasteiger partial charge in [-0.2, -0.15) is 0 Å². The zero-order valence-electron chi connectivity index (χ0n) is 9.89. The predicted octanol–water partition coefficient (Wildman–Crippen LogP) is 3.40. The van der Waals surface area contributed by atoms with Crippen LogP contribution in [0.25, 0.3) is 0 Å². The van der Waals surface area contributed by atoms with Gasteiger partial charge in [-0.15, -0.1) is 0 Å². The molecule has 0 aliphatic carbocycles. The summed E-state index contributed by atoms with van der Waals surface area (Å²) in [6.45, 7) is 1.99. The number of halogens is 1. The van der Waals surface area contributed by atoms with E-state index in [1.165, 1.54) is 6.20 Å². The summed E-state index contributed by atoms with van der Waals surface area (Å²) in [5.74, 6) is -0.411. The fourth-order valence-corrected chi connectivity index (χ4v) is 1.67. The van der Waals surface area contributed by atoms with Gasteiger partial charge in [0.1, 0.15) is 6.61 Å². The smallest absolute Gasteiger partial charge is 0.340 e. The molecular weight excluding hydrogens is 250 g/mol. The normalized spacial score (nSPS) is 10.1. The highest BCUT2D eigenvalue weighted by Gasteiger charge is 2.12. The number of hydrogen-bond acceptors (Lipinski definition) is 3. The Morgan fingerprint density at radius 3 is 2.78 bits per heavy atom. The Balaban J connectivity index is 2.06. The second-order valence-electron chi connectivity index (χ2n) is 3.85. The zero-order chi connectivity index (χ0) is 13.0. The Labute approximate surface area is 110 Å². The fourth-order valence-electron chi connectivity index (χ4n) is 1.52. The van der Waals surface area contributed by atoms with Crippen molar-refractivity contribution in [3.8, 4) is 0 Å². The molecule has 0 aliphatic heterocycles. The Morgan fingerprint density at radius 1 is 1.33 bits per heavy atom. The third-order valence-corrected chi connectivity index (χ3v) is 2.69. The highest BCUT2D eigenvalue weighted by Crippen LogP contribution is 2.14. The summed E-state index contributed by atoms with van der Waals surface area (Å²) in [5.41, 5.74) is 1.95. The molecule has 2 rings (SSSR count). The van der Waals surface area contributed by atoms with Crippen LogP contribution in [0.15, 0.2) is 42.6 Å². The summed E-state index contributed by atoms with van der Waals surface area (Å²) >= 11 is 5.81. The van der Waals surface area contributed by atoms with Crippen LogP contribution in [0.2, 0.25) is 5.02 Å². The number of aromatic nitrogens is 1. The first-order valence-corrected chi connectivity index (χ1v) is 5.88. The lowest BCUT2D eigenvalue weighted by Gasteiger charge is -2.07. The number of benzene rings is 1. The fraction of sp³-hybridized carbons (Fsp3) is 0.143. The van der Waals surface area contributed by atoms with E-state index < -0.39 is 5.97 Å². The van der Waals surface area contributed by atoms with Gasteiger partial charge in [0.2, 0.25) is 0 Å². The van der Waals surface area contributed by atoms with Crippen LogP contribution >= 0.6 is 11.6 Å². The molecule has 18 heavy (non-hydrogen) atoms. The van der Waals surface area contributed by atoms with Crippen LogP contribution < -0.4 is 0 Å². The molecule has 2 aromatic rings. The van der Waals surface area contributed by atoms with Crippen molar-refractivity contribution in [1.29, 1.82) is 0 Å². The van der Waals surface area contributed by atoms with E-state index in [-0.39, 0.29) is 6.61 Å². The number of rotatable bonds is 3. The van der Waals surface area contributed by atoms with Crippen LogP contribution in [0, 0.1) is 6.92 Å². The van der Waals surface area contributed by atoms with Crippen LogP contribution in [0.4, 0.5) is 0 Å². The number of hydrogen-bond donors (Lipinski definition) is 0. The van der Waals surface area contributed by atoms with Gasteiger partial charge in [-0.05, 0) is 18.6 Å². The third kappa shape index (κ3) is 3.08. The number of nitrogens with zero attached hydrogens (tertiary/aromatic N) is 1. The standard InChI is InChI=1S/C14H12ClNO2/c1-10-13(7-12(15)8-16-10)14(17)18-9-11-5-3-2-4-6-11/h2-8H,9H2,1H3. The second-order valence-corrected chi connectivity index (χ2v) is 4.28. The van der Waals surface area contributed by atoms with E-state index in [1.54, 1.807) is 13.0 Å². The van der Waals surface area contributed by atoms with Crippen molar-refractivity contribution in [3.05, 3.63) is 64.4 Å². The average molecular weight is 262 g/mol. The topological polar surface area (TPSA) is 39.2 Å². The van der Waals surface area contributed by atoms with Crippen molar-refractivity contribution in [3.63, 3.8) is 0 Å². The van der Waals surface area contributed by atoms with Crippen LogP contribution in [0.3, 0.4) is 0 Å². The largest absolute Gasteiger partial charge is 0.457 e. The van der Waals surface area contributed by atoms with E-state index in [2.05, 4.69) is 4.98 Å². The lowest BCUT2D eigenvalue weighted by Crippen LogP contribution is -2.08. The summed E-state index contributed by atoms with van der Waals surface area (Å²) in [7, 11) is 0. The number of esters is 1. The lowest BCUT2D eigenvalue weighted by atomic mass is 10.2. The molecule has 0 spiro atoms. The van der Waals surface area contributed by atoms with Gasteiger partial charge in [0, 0.05) is 6.20 Å². The maximum Gasteiger partial charge on any atom is 0.340 e. The lowest BCUT2D eigenvalue weighted by molar-refractivity contribution is 0.0471. The third-order valence-electron chi connectivity index (χ3n) is 2.49. The Bertz CT molecular complexity index is 555. The van der Waals surface area contributed by atoms with Gasteiger partial charge in [-0.25, -0.2) is 4.79 Å². The molecule has 1 aromatic carbocycles. The molecule has 3 nitrogen and oxygen atoms in total. The van der Waals surface area contributed by atoms with Gasteiger partial charge in [0.05, 0.1) is 16.3 Å². The Morgan fingerprint density at radius 2 is 2.06 bits per heavy atom. The molecule has 0 fully saturated rings. The number of pyridine rings is 1. The monoisotopic (exact) mass is 261 g/mol. The van der Waals surface area contributed by atoms with Crippen molar-refractivity contribution in [2.45, 2.75) is 13.5 Å². The molecule has 0 saturated carbocycles. The minimum Gasteiger partial charge on any atom is -0.457 e. The molecule has 1 aromatic heterocycles. The molecule has 0 N–H and O–H groups in total. The van der Waals surface area contributed by atoms with Crippen molar-refractivity contribution in [1.82, 2.24) is 4.98 Å². The second kappa shape index (κ2) is 5.65. The molecule has 0 bridgehead atoms. The zero-order valence-corrected chi connectivity index (χ0v) is 10.6. The van der Waals surface area contributed by atoms with E-state index in [4.69, 9.17) is 16.3 Å². The number of ether oxygens (including phenoxy) is 1. The van der Waals surface area contributed by atoms with Gasteiger partial charge < -0.3 is 4.74 Å². The molecule has 0 aliphatic rings. The first kappa shape index (κ1) is 12.6. The maximum absolute atomic E-state index is 11.9. The predicted molar refractivity (Wildman–Crippen MR) is 69.5 cm³/mol. The molecule has 0 amide bonds. The SMILES string of the molecule is Cc1ncc(Cl)cc1C(=O)OCc1ccccc1. The van der Waals surface area contributed by atoms with Gasteiger partial charge in [-0.3, -0.25) is 4.98 Å². The summed E-state index contributed by atoms with van der Waals surface area (Å²) in [6, 6.07) is 11.1. The minimum absolute atomic E-state index is 0.242. The summed E-state index contributed by atoms with van der Waals surface area (Å²) in [6.07, 6.45) is 1.50. The molecular formula is C14H12ClNO2. The van der Waals surface area contributed by atoms with E-state index in [1.807, 2.05) is 30.3 Å². The van der Waals surface area contributed by atoms with Gasteiger partial charge in [0.25, 0.3) is 0 Å². The molecule has 0 atom stereocenters. The Hall–Kier alpha value is -1.87. The van der Waals surface area contributed by atoms with Crippen molar-refractivity contribution in [2.75, 3.05) is 0 Å². The highest BCUT2D eigenvalue weighted by molar-refractivity contribution is 6.30. The van der Waals surface area contributed by atoms with Gasteiger partial charge in [0.15, 0.2) is 0 Å². The summed E-state index contributed by atoms with van der Waals surface area (Å²) in [4.78, 5) is 15.9. The Kier molecular flexibility index (Phi) is 3.95. The van der Waals surface area contributed by atoms with Crippen molar-refractivity contribution < 1.29 is 9.53 Å². The van der Waals surface area contributed by atoms with E-state index in [9.17, 15) is 4.79 Å². The van der Waals surface area contributed by atoms with Crippen LogP contribution in [0.5, 0.6) is 0 Å². The molecule has 0 unspecified atom stereocenters. The molecule has 92 valence electrons. The van der Waals surface area contributed by atoms with Gasteiger partial charge in [-0.1, -0.05) is 41.9 Å². The number of aryl methyl sites for hydroxylation is 1. The first-order chi connectivity index (χ1) is 8.66. The van der Waals surface area contributed by atoms with Crippen molar-refractivity contribution >= 4 is 17.6 Å². The molecule has 0 saturated heterocycles. The first-order valence-electron chi connectivity index (χ1n) is 5.50. The summed E-state index contributed by atoms with van der Waals surface area (Å²) in [5, 5.41) is 0.423. The molecule has 4 heteroatoms. The van der Waals surface area contributed by atoms with Crippen LogP contribution in [0.1, 0.15) is 21.6 Å². The number of carbonyl (C=O) groups is 1. The van der Waals surface area contributed by atoms with E-state index >= 15 is 0 Å². The van der Waals surface area contributed by atoms with E-state index in [0.717, 1.165) is 5.56 Å². The van der Waals surface area contributed by atoms with Crippen LogP contribution in [-0.4, -0.2) is 11.0 Å². The van der Waals surface area contributed by atoms with E-state index in [0.29, 0.717) is 16.3 Å². The van der Waals surface area contributed by atoms with Crippen LogP contribution in [-0.2, 0) is 11.3 Å². The minimum atomic E-state index is -0.411. The average Bonchev–Trinajstić information content (AvgIpc) is 2.40. The summed E-state index contributed by atoms with van der Waals surface area (Å²) < 4.78 is 5.21.